The standard InChI is InChI=1S/C14H15NO/c1-16-13-8-6-11(7-9-13)14-5-3-2-4-12(14)10-15/h2-9H,10,15H2,1H3. The average Bonchev–Trinajstić information content (AvgIpc) is 2.39. The zero-order valence-corrected chi connectivity index (χ0v) is 9.31. The van der Waals surface area contributed by atoms with Gasteiger partial charge in [0, 0.05) is 6.54 Å². The van der Waals surface area contributed by atoms with E-state index in [4.69, 9.17) is 10.5 Å². The molecule has 16 heavy (non-hydrogen) atoms. The lowest BCUT2D eigenvalue weighted by molar-refractivity contribution is 0.415. The van der Waals surface area contributed by atoms with Crippen molar-refractivity contribution in [2.75, 3.05) is 7.11 Å². The highest BCUT2D eigenvalue weighted by atomic mass is 16.5. The van der Waals surface area contributed by atoms with Gasteiger partial charge in [-0.15, -0.1) is 0 Å². The lowest BCUT2D eigenvalue weighted by atomic mass is 10.00. The van der Waals surface area contributed by atoms with Gasteiger partial charge in [0.1, 0.15) is 5.75 Å². The van der Waals surface area contributed by atoms with Crippen molar-refractivity contribution in [3.63, 3.8) is 0 Å². The molecule has 82 valence electrons. The lowest BCUT2D eigenvalue weighted by Crippen LogP contribution is -1.98. The Bertz CT molecular complexity index is 462. The van der Waals surface area contributed by atoms with E-state index in [1.165, 1.54) is 11.1 Å². The fourth-order valence-corrected chi connectivity index (χ4v) is 1.75. The lowest BCUT2D eigenvalue weighted by Gasteiger charge is -2.08. The van der Waals surface area contributed by atoms with Crippen molar-refractivity contribution < 1.29 is 4.74 Å². The molecule has 0 heterocycles. The molecule has 2 nitrogen and oxygen atoms in total. The van der Waals surface area contributed by atoms with Crippen molar-refractivity contribution in [2.45, 2.75) is 6.54 Å². The van der Waals surface area contributed by atoms with Crippen LogP contribution in [0, 0.1) is 0 Å². The van der Waals surface area contributed by atoms with Gasteiger partial charge >= 0.3 is 0 Å². The molecular formula is C14H15NO. The molecule has 2 aromatic carbocycles. The molecule has 0 amide bonds. The van der Waals surface area contributed by atoms with Crippen molar-refractivity contribution >= 4 is 0 Å². The number of rotatable bonds is 3. The third-order valence-electron chi connectivity index (χ3n) is 2.64. The monoisotopic (exact) mass is 213 g/mol. The molecule has 2 rings (SSSR count). The van der Waals surface area contributed by atoms with Gasteiger partial charge in [-0.2, -0.15) is 0 Å². The van der Waals surface area contributed by atoms with E-state index >= 15 is 0 Å². The zero-order valence-electron chi connectivity index (χ0n) is 9.31. The van der Waals surface area contributed by atoms with E-state index in [0.29, 0.717) is 6.54 Å². The third kappa shape index (κ3) is 2.07. The summed E-state index contributed by atoms with van der Waals surface area (Å²) in [4.78, 5) is 0. The fourth-order valence-electron chi connectivity index (χ4n) is 1.75. The summed E-state index contributed by atoms with van der Waals surface area (Å²) in [6.45, 7) is 0.558. The van der Waals surface area contributed by atoms with Crippen LogP contribution in [0.5, 0.6) is 5.75 Å². The number of hydrogen-bond donors (Lipinski definition) is 1. The van der Waals surface area contributed by atoms with Crippen LogP contribution in [0.15, 0.2) is 48.5 Å². The molecule has 0 aliphatic carbocycles. The summed E-state index contributed by atoms with van der Waals surface area (Å²) in [6, 6.07) is 16.2. The van der Waals surface area contributed by atoms with Gasteiger partial charge in [0.05, 0.1) is 7.11 Å². The van der Waals surface area contributed by atoms with E-state index in [-0.39, 0.29) is 0 Å². The molecule has 0 fully saturated rings. The van der Waals surface area contributed by atoms with Crippen molar-refractivity contribution in [1.29, 1.82) is 0 Å². The second kappa shape index (κ2) is 4.81. The Morgan fingerprint density at radius 1 is 1.00 bits per heavy atom. The molecule has 0 bridgehead atoms. The molecule has 2 heteroatoms. The highest BCUT2D eigenvalue weighted by Gasteiger charge is 2.02. The SMILES string of the molecule is COc1ccc(-c2ccccc2CN)cc1. The molecule has 0 spiro atoms. The normalized spacial score (nSPS) is 10.1. The van der Waals surface area contributed by atoms with E-state index < -0.39 is 0 Å². The highest BCUT2D eigenvalue weighted by molar-refractivity contribution is 5.67. The van der Waals surface area contributed by atoms with E-state index in [0.717, 1.165) is 11.3 Å². The molecule has 0 radical (unpaired) electrons. The van der Waals surface area contributed by atoms with Crippen LogP contribution in [0.4, 0.5) is 0 Å². The van der Waals surface area contributed by atoms with Gasteiger partial charge in [-0.25, -0.2) is 0 Å². The summed E-state index contributed by atoms with van der Waals surface area (Å²) in [7, 11) is 1.67. The minimum atomic E-state index is 0.558. The second-order valence-corrected chi connectivity index (χ2v) is 3.59. The van der Waals surface area contributed by atoms with E-state index in [1.807, 2.05) is 36.4 Å². The van der Waals surface area contributed by atoms with Crippen LogP contribution in [-0.4, -0.2) is 7.11 Å². The molecule has 2 N–H and O–H groups in total. The van der Waals surface area contributed by atoms with Gasteiger partial charge in [-0.05, 0) is 28.8 Å². The molecular weight excluding hydrogens is 198 g/mol. The molecule has 0 atom stereocenters. The van der Waals surface area contributed by atoms with Crippen molar-refractivity contribution in [1.82, 2.24) is 0 Å². The summed E-state index contributed by atoms with van der Waals surface area (Å²) in [5.41, 5.74) is 9.24. The van der Waals surface area contributed by atoms with Crippen LogP contribution < -0.4 is 10.5 Å². The topological polar surface area (TPSA) is 35.2 Å². The van der Waals surface area contributed by atoms with Crippen molar-refractivity contribution in [3.05, 3.63) is 54.1 Å². The number of benzene rings is 2. The molecule has 0 saturated carbocycles. The Labute approximate surface area is 95.7 Å². The third-order valence-corrected chi connectivity index (χ3v) is 2.64. The first kappa shape index (κ1) is 10.7. The number of nitrogens with two attached hydrogens (primary N) is 1. The molecule has 0 aromatic heterocycles. The first-order valence-corrected chi connectivity index (χ1v) is 5.27. The summed E-state index contributed by atoms with van der Waals surface area (Å²) >= 11 is 0. The minimum Gasteiger partial charge on any atom is -0.497 e. The van der Waals surface area contributed by atoms with Crippen molar-refractivity contribution in [2.24, 2.45) is 5.73 Å². The minimum absolute atomic E-state index is 0.558. The summed E-state index contributed by atoms with van der Waals surface area (Å²) in [5.74, 6) is 0.869. The Morgan fingerprint density at radius 2 is 1.69 bits per heavy atom. The quantitative estimate of drug-likeness (QED) is 0.850. The van der Waals surface area contributed by atoms with Crippen molar-refractivity contribution in [3.8, 4) is 16.9 Å². The van der Waals surface area contributed by atoms with Crippen LogP contribution in [0.3, 0.4) is 0 Å². The molecule has 0 aliphatic rings. The number of hydrogen-bond acceptors (Lipinski definition) is 2. The van der Waals surface area contributed by atoms with E-state index in [1.54, 1.807) is 7.11 Å². The predicted molar refractivity (Wildman–Crippen MR) is 66.3 cm³/mol. The van der Waals surface area contributed by atoms with Crippen LogP contribution in [0.2, 0.25) is 0 Å². The zero-order chi connectivity index (χ0) is 11.4. The summed E-state index contributed by atoms with van der Waals surface area (Å²) in [6.07, 6.45) is 0. The number of ether oxygens (including phenoxy) is 1. The fraction of sp³-hybridized carbons (Fsp3) is 0.143. The van der Waals surface area contributed by atoms with Gasteiger partial charge in [0.15, 0.2) is 0 Å². The largest absolute Gasteiger partial charge is 0.497 e. The highest BCUT2D eigenvalue weighted by Crippen LogP contribution is 2.25. The van der Waals surface area contributed by atoms with E-state index in [2.05, 4.69) is 12.1 Å². The maximum atomic E-state index is 5.72. The maximum absolute atomic E-state index is 5.72. The summed E-state index contributed by atoms with van der Waals surface area (Å²) in [5, 5.41) is 0. The van der Waals surface area contributed by atoms with E-state index in [9.17, 15) is 0 Å². The molecule has 2 aromatic rings. The Balaban J connectivity index is 2.42. The van der Waals surface area contributed by atoms with Crippen LogP contribution in [-0.2, 0) is 6.54 Å². The number of methoxy groups -OCH3 is 1. The second-order valence-electron chi connectivity index (χ2n) is 3.59. The van der Waals surface area contributed by atoms with Gasteiger partial charge < -0.3 is 10.5 Å². The van der Waals surface area contributed by atoms with Gasteiger partial charge in [0.25, 0.3) is 0 Å². The first-order valence-electron chi connectivity index (χ1n) is 5.27. The molecule has 0 unspecified atom stereocenters. The average molecular weight is 213 g/mol. The Kier molecular flexibility index (Phi) is 3.22. The van der Waals surface area contributed by atoms with Gasteiger partial charge in [0.2, 0.25) is 0 Å². The van der Waals surface area contributed by atoms with Gasteiger partial charge in [-0.1, -0.05) is 36.4 Å². The van der Waals surface area contributed by atoms with Crippen LogP contribution >= 0.6 is 0 Å². The maximum Gasteiger partial charge on any atom is 0.118 e. The molecule has 0 aliphatic heterocycles. The first-order chi connectivity index (χ1) is 7.85. The Hall–Kier alpha value is -1.80. The Morgan fingerprint density at radius 3 is 2.31 bits per heavy atom. The van der Waals surface area contributed by atoms with Crippen LogP contribution in [0.1, 0.15) is 5.56 Å². The summed E-state index contributed by atoms with van der Waals surface area (Å²) < 4.78 is 5.14. The van der Waals surface area contributed by atoms with Gasteiger partial charge in [-0.3, -0.25) is 0 Å². The smallest absolute Gasteiger partial charge is 0.118 e. The van der Waals surface area contributed by atoms with Crippen LogP contribution in [0.25, 0.3) is 11.1 Å². The molecule has 0 saturated heterocycles. The predicted octanol–water partition coefficient (Wildman–Crippen LogP) is 2.82.